The van der Waals surface area contributed by atoms with Crippen LogP contribution in [-0.4, -0.2) is 11.9 Å². The summed E-state index contributed by atoms with van der Waals surface area (Å²) in [6.07, 6.45) is 12.2. The molecule has 0 radical (unpaired) electrons. The van der Waals surface area contributed by atoms with Gasteiger partial charge in [0, 0.05) is 10.7 Å². The van der Waals surface area contributed by atoms with Crippen LogP contribution >= 0.6 is 15.9 Å². The van der Waals surface area contributed by atoms with E-state index in [9.17, 15) is 0 Å². The summed E-state index contributed by atoms with van der Waals surface area (Å²) < 4.78 is 6.47. The first-order valence-electron chi connectivity index (χ1n) is 8.58. The van der Waals surface area contributed by atoms with E-state index in [4.69, 9.17) is 4.74 Å². The molecule has 0 N–H and O–H groups in total. The summed E-state index contributed by atoms with van der Waals surface area (Å²) in [5.74, 6) is 0. The molecule has 0 aromatic heterocycles. The van der Waals surface area contributed by atoms with E-state index in [0.717, 1.165) is 11.9 Å². The molecule has 1 nitrogen and oxygen atoms in total. The van der Waals surface area contributed by atoms with Crippen LogP contribution in [0.25, 0.3) is 0 Å². The van der Waals surface area contributed by atoms with E-state index in [-0.39, 0.29) is 0 Å². The van der Waals surface area contributed by atoms with Crippen LogP contribution in [-0.2, 0) is 11.2 Å². The van der Waals surface area contributed by atoms with E-state index >= 15 is 0 Å². The first kappa shape index (κ1) is 15.6. The first-order valence-corrected chi connectivity index (χ1v) is 9.71. The molecule has 0 heterocycles. The van der Waals surface area contributed by atoms with Crippen LogP contribution in [0.5, 0.6) is 0 Å². The van der Waals surface area contributed by atoms with Gasteiger partial charge < -0.3 is 4.74 Å². The van der Waals surface area contributed by atoms with Crippen molar-refractivity contribution in [2.75, 3.05) is 11.9 Å². The van der Waals surface area contributed by atoms with Crippen molar-refractivity contribution in [3.63, 3.8) is 0 Å². The number of aryl methyl sites for hydroxylation is 1. The van der Waals surface area contributed by atoms with Crippen LogP contribution in [0.3, 0.4) is 0 Å². The number of alkyl halides is 1. The molecule has 1 saturated carbocycles. The lowest BCUT2D eigenvalue weighted by Gasteiger charge is -2.34. The summed E-state index contributed by atoms with van der Waals surface area (Å²) in [6, 6.07) is 8.86. The third-order valence-corrected chi connectivity index (χ3v) is 6.54. The fourth-order valence-corrected chi connectivity index (χ4v) is 4.68. The van der Waals surface area contributed by atoms with Gasteiger partial charge in [-0.05, 0) is 43.2 Å². The zero-order chi connectivity index (χ0) is 14.5. The van der Waals surface area contributed by atoms with Gasteiger partial charge in [0.1, 0.15) is 0 Å². The Hall–Kier alpha value is -0.340. The Morgan fingerprint density at radius 1 is 1.05 bits per heavy atom. The molecular weight excluding hydrogens is 324 g/mol. The third kappa shape index (κ3) is 3.71. The van der Waals surface area contributed by atoms with Crippen LogP contribution in [0.4, 0.5) is 0 Å². The number of fused-ring (bicyclic) bond motifs is 1. The Bertz CT molecular complexity index is 449. The minimum atomic E-state index is 0.328. The van der Waals surface area contributed by atoms with Crippen LogP contribution in [0.1, 0.15) is 68.6 Å². The quantitative estimate of drug-likeness (QED) is 0.491. The Morgan fingerprint density at radius 2 is 1.81 bits per heavy atom. The molecular formula is C19H27BrO. The van der Waals surface area contributed by atoms with Crippen LogP contribution < -0.4 is 0 Å². The first-order chi connectivity index (χ1) is 10.3. The number of hydrogen-bond acceptors (Lipinski definition) is 1. The third-order valence-electron chi connectivity index (χ3n) is 5.35. The standard InChI is InChI=1S/C19H27BrO/c20-14-19(12-5-1-2-6-13-19)15-21-18-11-7-9-16-8-3-4-10-17(16)18/h3-4,8,10,18H,1-2,5-7,9,11-15H2. The number of hydrogen-bond donors (Lipinski definition) is 0. The molecule has 2 aliphatic rings. The molecule has 21 heavy (non-hydrogen) atoms. The lowest BCUT2D eigenvalue weighted by Crippen LogP contribution is -2.30. The minimum absolute atomic E-state index is 0.328. The highest BCUT2D eigenvalue weighted by atomic mass is 79.9. The average molecular weight is 351 g/mol. The van der Waals surface area contributed by atoms with E-state index in [1.165, 1.54) is 68.9 Å². The van der Waals surface area contributed by atoms with E-state index in [1.54, 1.807) is 0 Å². The van der Waals surface area contributed by atoms with Crippen LogP contribution in [0.15, 0.2) is 24.3 Å². The summed E-state index contributed by atoms with van der Waals surface area (Å²) in [5, 5.41) is 1.09. The van der Waals surface area contributed by atoms with Crippen molar-refractivity contribution in [3.8, 4) is 0 Å². The summed E-state index contributed by atoms with van der Waals surface area (Å²) in [7, 11) is 0. The van der Waals surface area contributed by atoms with Crippen molar-refractivity contribution in [2.45, 2.75) is 63.9 Å². The smallest absolute Gasteiger partial charge is 0.0828 e. The summed E-state index contributed by atoms with van der Waals surface area (Å²) in [4.78, 5) is 0. The minimum Gasteiger partial charge on any atom is -0.373 e. The Kier molecular flexibility index (Phi) is 5.39. The maximum atomic E-state index is 6.47. The van der Waals surface area contributed by atoms with Gasteiger partial charge in [0.25, 0.3) is 0 Å². The second-order valence-electron chi connectivity index (χ2n) is 6.94. The Morgan fingerprint density at radius 3 is 2.57 bits per heavy atom. The predicted molar refractivity (Wildman–Crippen MR) is 92.0 cm³/mol. The van der Waals surface area contributed by atoms with Gasteiger partial charge in [0.2, 0.25) is 0 Å². The van der Waals surface area contributed by atoms with Crippen molar-refractivity contribution < 1.29 is 4.74 Å². The largest absolute Gasteiger partial charge is 0.373 e. The van der Waals surface area contributed by atoms with Crippen molar-refractivity contribution in [2.24, 2.45) is 5.41 Å². The zero-order valence-corrected chi connectivity index (χ0v) is 14.5. The van der Waals surface area contributed by atoms with Gasteiger partial charge in [-0.25, -0.2) is 0 Å². The summed E-state index contributed by atoms with van der Waals surface area (Å²) in [5.41, 5.74) is 3.33. The highest BCUT2D eigenvalue weighted by Crippen LogP contribution is 2.40. The van der Waals surface area contributed by atoms with E-state index in [1.807, 2.05) is 0 Å². The van der Waals surface area contributed by atoms with Gasteiger partial charge in [-0.3, -0.25) is 0 Å². The van der Waals surface area contributed by atoms with E-state index in [0.29, 0.717) is 11.5 Å². The molecule has 0 bridgehead atoms. The molecule has 116 valence electrons. The lowest BCUT2D eigenvalue weighted by molar-refractivity contribution is -0.0159. The number of halogens is 1. The maximum absolute atomic E-state index is 6.47. The number of rotatable bonds is 4. The molecule has 0 aliphatic heterocycles. The number of benzene rings is 1. The second kappa shape index (κ2) is 7.28. The SMILES string of the molecule is BrCC1(COC2CCCc3ccccc32)CCCCCC1. The topological polar surface area (TPSA) is 9.23 Å². The van der Waals surface area contributed by atoms with Gasteiger partial charge >= 0.3 is 0 Å². The fourth-order valence-electron chi connectivity index (χ4n) is 3.95. The van der Waals surface area contributed by atoms with Gasteiger partial charge in [-0.15, -0.1) is 0 Å². The zero-order valence-electron chi connectivity index (χ0n) is 13.0. The second-order valence-corrected chi connectivity index (χ2v) is 7.50. The summed E-state index contributed by atoms with van der Waals surface area (Å²) in [6.45, 7) is 0.928. The normalized spacial score (nSPS) is 25.1. The molecule has 0 saturated heterocycles. The maximum Gasteiger partial charge on any atom is 0.0828 e. The van der Waals surface area contributed by atoms with Gasteiger partial charge in [-0.1, -0.05) is 65.9 Å². The summed E-state index contributed by atoms with van der Waals surface area (Å²) >= 11 is 3.78. The van der Waals surface area contributed by atoms with E-state index in [2.05, 4.69) is 40.2 Å². The van der Waals surface area contributed by atoms with Crippen molar-refractivity contribution >= 4 is 15.9 Å². The average Bonchev–Trinajstić information content (AvgIpc) is 2.79. The molecule has 1 unspecified atom stereocenters. The fraction of sp³-hybridized carbons (Fsp3) is 0.684. The van der Waals surface area contributed by atoms with Crippen LogP contribution in [0, 0.1) is 5.41 Å². The van der Waals surface area contributed by atoms with Gasteiger partial charge in [0.05, 0.1) is 12.7 Å². The van der Waals surface area contributed by atoms with Crippen molar-refractivity contribution in [3.05, 3.63) is 35.4 Å². The van der Waals surface area contributed by atoms with Gasteiger partial charge in [-0.2, -0.15) is 0 Å². The highest BCUT2D eigenvalue weighted by Gasteiger charge is 2.32. The van der Waals surface area contributed by atoms with Crippen molar-refractivity contribution in [1.29, 1.82) is 0 Å². The molecule has 1 aromatic rings. The molecule has 1 aromatic carbocycles. The molecule has 2 aliphatic carbocycles. The lowest BCUT2D eigenvalue weighted by atomic mass is 9.83. The number of ether oxygens (including phenoxy) is 1. The van der Waals surface area contributed by atoms with Crippen molar-refractivity contribution in [1.82, 2.24) is 0 Å². The molecule has 1 fully saturated rings. The molecule has 0 amide bonds. The van der Waals surface area contributed by atoms with E-state index < -0.39 is 0 Å². The van der Waals surface area contributed by atoms with Crippen LogP contribution in [0.2, 0.25) is 0 Å². The molecule has 3 rings (SSSR count). The Balaban J connectivity index is 1.67. The monoisotopic (exact) mass is 350 g/mol. The molecule has 1 atom stereocenters. The Labute approximate surface area is 137 Å². The molecule has 0 spiro atoms. The van der Waals surface area contributed by atoms with Gasteiger partial charge in [0.15, 0.2) is 0 Å². The predicted octanol–water partition coefficient (Wildman–Crippen LogP) is 5.82. The molecule has 2 heteroatoms. The highest BCUT2D eigenvalue weighted by molar-refractivity contribution is 9.09.